The summed E-state index contributed by atoms with van der Waals surface area (Å²) in [5.74, 6) is 0.0821. The number of nitrogens with zero attached hydrogens (tertiary/aromatic N) is 2. The van der Waals surface area contributed by atoms with E-state index in [0.29, 0.717) is 25.7 Å². The quantitative estimate of drug-likeness (QED) is 0.821. The molecule has 5 nitrogen and oxygen atoms in total. The Bertz CT molecular complexity index is 497. The first-order chi connectivity index (χ1) is 10.5. The van der Waals surface area contributed by atoms with Gasteiger partial charge in [0.15, 0.2) is 0 Å². The lowest BCUT2D eigenvalue weighted by Crippen LogP contribution is -2.55. The number of benzene rings is 1. The predicted molar refractivity (Wildman–Crippen MR) is 102 cm³/mol. The van der Waals surface area contributed by atoms with Crippen LogP contribution in [0.15, 0.2) is 24.3 Å². The smallest absolute Gasteiger partial charge is 0.253 e. The lowest BCUT2D eigenvalue weighted by molar-refractivity contribution is 0.0310. The Morgan fingerprint density at radius 3 is 2.42 bits per heavy atom. The van der Waals surface area contributed by atoms with Crippen LogP contribution in [0, 0.1) is 0 Å². The van der Waals surface area contributed by atoms with Gasteiger partial charge in [0.05, 0.1) is 6.10 Å². The largest absolute Gasteiger partial charge is 0.392 e. The molecule has 138 valence electrons. The topological polar surface area (TPSA) is 69.8 Å². The lowest BCUT2D eigenvalue weighted by atomic mass is 10.1. The van der Waals surface area contributed by atoms with Crippen molar-refractivity contribution in [3.05, 3.63) is 35.4 Å². The maximum Gasteiger partial charge on any atom is 0.253 e. The summed E-state index contributed by atoms with van der Waals surface area (Å²) < 4.78 is 0. The third kappa shape index (κ3) is 5.90. The van der Waals surface area contributed by atoms with E-state index in [0.717, 1.165) is 30.6 Å². The van der Waals surface area contributed by atoms with Crippen LogP contribution < -0.4 is 5.73 Å². The molecule has 1 saturated heterocycles. The Balaban J connectivity index is 0.00000264. The molecule has 7 heteroatoms. The van der Waals surface area contributed by atoms with Crippen molar-refractivity contribution in [2.45, 2.75) is 39.0 Å². The Labute approximate surface area is 157 Å². The van der Waals surface area contributed by atoms with E-state index < -0.39 is 0 Å². The monoisotopic (exact) mass is 377 g/mol. The minimum absolute atomic E-state index is 0. The number of piperazine rings is 1. The fourth-order valence-corrected chi connectivity index (χ4v) is 3.01. The summed E-state index contributed by atoms with van der Waals surface area (Å²) in [5.41, 5.74) is 7.34. The molecule has 1 heterocycles. The minimum atomic E-state index is -0.333. The second-order valence-electron chi connectivity index (χ2n) is 6.06. The first-order valence-corrected chi connectivity index (χ1v) is 8.05. The molecule has 0 aliphatic carbocycles. The maximum absolute atomic E-state index is 12.6. The molecular weight excluding hydrogens is 349 g/mol. The van der Waals surface area contributed by atoms with Crippen molar-refractivity contribution < 1.29 is 9.90 Å². The van der Waals surface area contributed by atoms with Crippen LogP contribution in [-0.2, 0) is 6.54 Å². The van der Waals surface area contributed by atoms with Crippen LogP contribution >= 0.6 is 24.8 Å². The molecular formula is C17H29Cl2N3O2. The van der Waals surface area contributed by atoms with Gasteiger partial charge < -0.3 is 15.7 Å². The van der Waals surface area contributed by atoms with Gasteiger partial charge in [-0.1, -0.05) is 19.1 Å². The molecule has 1 aliphatic heterocycles. The maximum atomic E-state index is 12.6. The zero-order valence-corrected chi connectivity index (χ0v) is 16.0. The summed E-state index contributed by atoms with van der Waals surface area (Å²) >= 11 is 0. The lowest BCUT2D eigenvalue weighted by Gasteiger charge is -2.41. The first kappa shape index (κ1) is 23.1. The molecule has 24 heavy (non-hydrogen) atoms. The molecule has 2 rings (SSSR count). The Kier molecular flexibility index (Phi) is 10.5. The highest BCUT2D eigenvalue weighted by molar-refractivity contribution is 5.94. The molecule has 0 aromatic heterocycles. The number of rotatable bonds is 5. The summed E-state index contributed by atoms with van der Waals surface area (Å²) in [7, 11) is 0. The van der Waals surface area contributed by atoms with E-state index in [1.54, 1.807) is 0 Å². The van der Waals surface area contributed by atoms with Crippen LogP contribution in [0.1, 0.15) is 36.2 Å². The van der Waals surface area contributed by atoms with Gasteiger partial charge in [-0.05, 0) is 31.0 Å². The average molecular weight is 378 g/mol. The molecule has 0 saturated carbocycles. The standard InChI is InChI=1S/C17H27N3O2.2ClH/c1-3-16-12-20(9-8-19(16)11-13(2)21)17(22)15-6-4-14(10-18)5-7-15;;/h4-7,13,16,21H,3,8-12,18H2,1-2H3;2*1H. The molecule has 1 aromatic carbocycles. The zero-order valence-electron chi connectivity index (χ0n) is 14.4. The number of aliphatic hydroxyl groups is 1. The summed E-state index contributed by atoms with van der Waals surface area (Å²) in [6, 6.07) is 7.85. The van der Waals surface area contributed by atoms with Gasteiger partial charge in [-0.15, -0.1) is 24.8 Å². The zero-order chi connectivity index (χ0) is 16.1. The summed E-state index contributed by atoms with van der Waals surface area (Å²) in [5, 5.41) is 9.59. The van der Waals surface area contributed by atoms with Crippen molar-refractivity contribution >= 4 is 30.7 Å². The summed E-state index contributed by atoms with van der Waals surface area (Å²) in [6.45, 7) is 7.35. The number of nitrogens with two attached hydrogens (primary N) is 1. The summed E-state index contributed by atoms with van der Waals surface area (Å²) in [6.07, 6.45) is 0.642. The average Bonchev–Trinajstić information content (AvgIpc) is 2.54. The molecule has 3 N–H and O–H groups in total. The molecule has 0 bridgehead atoms. The second-order valence-corrected chi connectivity index (χ2v) is 6.06. The molecule has 2 atom stereocenters. The molecule has 1 aliphatic rings. The number of hydrogen-bond acceptors (Lipinski definition) is 4. The van der Waals surface area contributed by atoms with Gasteiger partial charge in [0.25, 0.3) is 5.91 Å². The van der Waals surface area contributed by atoms with Crippen molar-refractivity contribution in [1.29, 1.82) is 0 Å². The van der Waals surface area contributed by atoms with Gasteiger partial charge in [0.2, 0.25) is 0 Å². The SMILES string of the molecule is CCC1CN(C(=O)c2ccc(CN)cc2)CCN1CC(C)O.Cl.Cl. The normalized spacial score (nSPS) is 19.2. The van der Waals surface area contributed by atoms with E-state index >= 15 is 0 Å². The summed E-state index contributed by atoms with van der Waals surface area (Å²) in [4.78, 5) is 16.8. The van der Waals surface area contributed by atoms with Crippen LogP contribution in [0.5, 0.6) is 0 Å². The van der Waals surface area contributed by atoms with Gasteiger partial charge in [-0.25, -0.2) is 0 Å². The minimum Gasteiger partial charge on any atom is -0.392 e. The third-order valence-electron chi connectivity index (χ3n) is 4.30. The fourth-order valence-electron chi connectivity index (χ4n) is 3.01. The van der Waals surface area contributed by atoms with Gasteiger partial charge in [0, 0.05) is 44.3 Å². The van der Waals surface area contributed by atoms with E-state index in [4.69, 9.17) is 5.73 Å². The van der Waals surface area contributed by atoms with Crippen LogP contribution in [0.3, 0.4) is 0 Å². The van der Waals surface area contributed by atoms with Crippen molar-refractivity contribution in [2.75, 3.05) is 26.2 Å². The van der Waals surface area contributed by atoms with Crippen molar-refractivity contribution in [1.82, 2.24) is 9.80 Å². The molecule has 1 fully saturated rings. The Hall–Kier alpha value is -0.850. The van der Waals surface area contributed by atoms with E-state index in [2.05, 4.69) is 11.8 Å². The van der Waals surface area contributed by atoms with E-state index in [1.165, 1.54) is 0 Å². The van der Waals surface area contributed by atoms with Crippen molar-refractivity contribution in [3.63, 3.8) is 0 Å². The van der Waals surface area contributed by atoms with Crippen molar-refractivity contribution in [3.8, 4) is 0 Å². The number of aliphatic hydroxyl groups excluding tert-OH is 1. The van der Waals surface area contributed by atoms with Crippen LogP contribution in [0.25, 0.3) is 0 Å². The van der Waals surface area contributed by atoms with Crippen molar-refractivity contribution in [2.24, 2.45) is 5.73 Å². The van der Waals surface area contributed by atoms with Gasteiger partial charge in [-0.2, -0.15) is 0 Å². The number of hydrogen-bond donors (Lipinski definition) is 2. The fraction of sp³-hybridized carbons (Fsp3) is 0.588. The molecule has 0 spiro atoms. The Morgan fingerprint density at radius 1 is 1.29 bits per heavy atom. The number of β-amino-alcohol motifs (C(OH)–C–C–N with tert-alkyl or cyclic N) is 1. The Morgan fingerprint density at radius 2 is 1.92 bits per heavy atom. The second kappa shape index (κ2) is 10.9. The number of amides is 1. The van der Waals surface area contributed by atoms with Crippen LogP contribution in [0.4, 0.5) is 0 Å². The van der Waals surface area contributed by atoms with Crippen LogP contribution in [-0.4, -0.2) is 59.1 Å². The van der Waals surface area contributed by atoms with Gasteiger partial charge in [-0.3, -0.25) is 9.69 Å². The van der Waals surface area contributed by atoms with E-state index in [-0.39, 0.29) is 36.8 Å². The highest BCUT2D eigenvalue weighted by Crippen LogP contribution is 2.16. The molecule has 2 unspecified atom stereocenters. The molecule has 0 radical (unpaired) electrons. The number of carbonyl (C=O) groups is 1. The van der Waals surface area contributed by atoms with Crippen LogP contribution in [0.2, 0.25) is 0 Å². The predicted octanol–water partition coefficient (Wildman–Crippen LogP) is 1.91. The molecule has 1 amide bonds. The van der Waals surface area contributed by atoms with Gasteiger partial charge >= 0.3 is 0 Å². The molecule has 1 aromatic rings. The first-order valence-electron chi connectivity index (χ1n) is 8.05. The van der Waals surface area contributed by atoms with E-state index in [9.17, 15) is 9.90 Å². The van der Waals surface area contributed by atoms with Gasteiger partial charge in [0.1, 0.15) is 0 Å². The third-order valence-corrected chi connectivity index (χ3v) is 4.30. The highest BCUT2D eigenvalue weighted by atomic mass is 35.5. The highest BCUT2D eigenvalue weighted by Gasteiger charge is 2.29. The number of carbonyl (C=O) groups excluding carboxylic acids is 1. The van der Waals surface area contributed by atoms with E-state index in [1.807, 2.05) is 36.1 Å². The number of halogens is 2.